The molecule has 5 heteroatoms. The molecule has 0 amide bonds. The van der Waals surface area contributed by atoms with E-state index in [0.29, 0.717) is 18.6 Å². The van der Waals surface area contributed by atoms with Crippen LogP contribution in [0.1, 0.15) is 43.5 Å². The first-order valence-electron chi connectivity index (χ1n) is 8.55. The van der Waals surface area contributed by atoms with E-state index in [-0.39, 0.29) is 17.7 Å². The molecule has 24 heavy (non-hydrogen) atoms. The molecule has 0 spiro atoms. The Morgan fingerprint density at radius 1 is 1.33 bits per heavy atom. The van der Waals surface area contributed by atoms with E-state index in [4.69, 9.17) is 10.00 Å². The third kappa shape index (κ3) is 4.14. The highest BCUT2D eigenvalue weighted by atomic mass is 16.5. The van der Waals surface area contributed by atoms with Gasteiger partial charge < -0.3 is 9.64 Å². The average Bonchev–Trinajstić information content (AvgIpc) is 2.96. The normalized spacial score (nSPS) is 19.8. The van der Waals surface area contributed by atoms with Crippen molar-refractivity contribution >= 4 is 17.4 Å². The second kappa shape index (κ2) is 8.49. The molecule has 1 fully saturated rings. The van der Waals surface area contributed by atoms with Crippen molar-refractivity contribution in [3.8, 4) is 6.07 Å². The van der Waals surface area contributed by atoms with Gasteiger partial charge in [0.2, 0.25) is 0 Å². The number of hydrogen-bond donors (Lipinski definition) is 0. The van der Waals surface area contributed by atoms with Crippen LogP contribution in [0.15, 0.2) is 24.3 Å². The molecule has 0 bridgehead atoms. The average molecular weight is 328 g/mol. The van der Waals surface area contributed by atoms with E-state index in [2.05, 4.69) is 17.9 Å². The number of hydrogen-bond acceptors (Lipinski definition) is 5. The number of nitriles is 1. The summed E-state index contributed by atoms with van der Waals surface area (Å²) in [5.41, 5.74) is 1.57. The monoisotopic (exact) mass is 328 g/mol. The summed E-state index contributed by atoms with van der Waals surface area (Å²) in [4.78, 5) is 25.6. The Bertz CT molecular complexity index is 618. The smallest absolute Gasteiger partial charge is 0.338 e. The van der Waals surface area contributed by atoms with Gasteiger partial charge in [0.05, 0.1) is 18.2 Å². The van der Waals surface area contributed by atoms with E-state index in [0.717, 1.165) is 31.6 Å². The topological polar surface area (TPSA) is 70.4 Å². The van der Waals surface area contributed by atoms with Crippen LogP contribution in [-0.4, -0.2) is 31.4 Å². The summed E-state index contributed by atoms with van der Waals surface area (Å²) >= 11 is 0. The molecule has 1 aromatic rings. The van der Waals surface area contributed by atoms with Crippen LogP contribution in [0.25, 0.3) is 0 Å². The first-order chi connectivity index (χ1) is 11.6. The number of ether oxygens (including phenoxy) is 1. The molecule has 0 aliphatic heterocycles. The van der Waals surface area contributed by atoms with Gasteiger partial charge in [0.1, 0.15) is 11.7 Å². The second-order valence-electron chi connectivity index (χ2n) is 6.01. The fourth-order valence-corrected chi connectivity index (χ4v) is 3.22. The number of Topliss-reactive ketones (excluding diaryl/α,β-unsaturated/α-hetero) is 1. The molecule has 0 aromatic heterocycles. The van der Waals surface area contributed by atoms with E-state index < -0.39 is 5.92 Å². The lowest BCUT2D eigenvalue weighted by molar-refractivity contribution is -0.119. The molecule has 2 rings (SSSR count). The quantitative estimate of drug-likeness (QED) is 0.719. The third-order valence-corrected chi connectivity index (χ3v) is 4.61. The summed E-state index contributed by atoms with van der Waals surface area (Å²) in [6, 6.07) is 9.53. The van der Waals surface area contributed by atoms with E-state index in [9.17, 15) is 9.59 Å². The Morgan fingerprint density at radius 2 is 2.04 bits per heavy atom. The number of esters is 1. The zero-order chi connectivity index (χ0) is 17.5. The number of ketones is 1. The maximum absolute atomic E-state index is 11.7. The van der Waals surface area contributed by atoms with E-state index in [1.165, 1.54) is 0 Å². The van der Waals surface area contributed by atoms with Crippen molar-refractivity contribution in [1.29, 1.82) is 5.26 Å². The Kier molecular flexibility index (Phi) is 6.36. The molecular formula is C19H24N2O3. The minimum atomic E-state index is -0.435. The molecule has 128 valence electrons. The zero-order valence-electron chi connectivity index (χ0n) is 14.3. The number of rotatable bonds is 7. The molecule has 1 saturated carbocycles. The molecule has 0 heterocycles. The zero-order valence-corrected chi connectivity index (χ0v) is 14.3. The molecule has 2 atom stereocenters. The number of nitrogens with zero attached hydrogens (tertiary/aromatic N) is 2. The van der Waals surface area contributed by atoms with Gasteiger partial charge in [-0.05, 0) is 56.9 Å². The minimum absolute atomic E-state index is 0.0873. The number of carbonyl (C=O) groups is 2. The lowest BCUT2D eigenvalue weighted by atomic mass is 9.93. The van der Waals surface area contributed by atoms with Gasteiger partial charge in [-0.1, -0.05) is 0 Å². The van der Waals surface area contributed by atoms with Crippen molar-refractivity contribution < 1.29 is 14.3 Å². The maximum atomic E-state index is 11.7. The summed E-state index contributed by atoms with van der Waals surface area (Å²) < 4.78 is 4.99. The van der Waals surface area contributed by atoms with Crippen LogP contribution in [-0.2, 0) is 9.53 Å². The van der Waals surface area contributed by atoms with Gasteiger partial charge in [-0.2, -0.15) is 5.26 Å². The molecule has 0 N–H and O–H groups in total. The minimum Gasteiger partial charge on any atom is -0.462 e. The standard InChI is InChI=1S/C19H24N2O3/c1-3-21(12-11-14-7-10-18(22)17(14)13-20)16-8-5-15(6-9-16)19(23)24-4-2/h5-6,8-9,14,17H,3-4,7,10-12H2,1-2H3. The Morgan fingerprint density at radius 3 is 2.62 bits per heavy atom. The third-order valence-electron chi connectivity index (χ3n) is 4.61. The van der Waals surface area contributed by atoms with Gasteiger partial charge in [0.25, 0.3) is 0 Å². The summed E-state index contributed by atoms with van der Waals surface area (Å²) in [5.74, 6) is -0.497. The van der Waals surface area contributed by atoms with Gasteiger partial charge in [-0.3, -0.25) is 4.79 Å². The Labute approximate surface area is 143 Å². The highest BCUT2D eigenvalue weighted by Crippen LogP contribution is 2.31. The van der Waals surface area contributed by atoms with Crippen LogP contribution < -0.4 is 4.90 Å². The van der Waals surface area contributed by atoms with Crippen LogP contribution in [0.3, 0.4) is 0 Å². The van der Waals surface area contributed by atoms with Crippen LogP contribution in [0.2, 0.25) is 0 Å². The molecule has 1 aliphatic rings. The SMILES string of the molecule is CCOC(=O)c1ccc(N(CC)CCC2CCC(=O)C2C#N)cc1. The molecule has 1 aliphatic carbocycles. The van der Waals surface area contributed by atoms with Crippen LogP contribution in [0, 0.1) is 23.2 Å². The Balaban J connectivity index is 1.97. The number of benzene rings is 1. The van der Waals surface area contributed by atoms with Crippen LogP contribution >= 0.6 is 0 Å². The summed E-state index contributed by atoms with van der Waals surface area (Å²) in [6.45, 7) is 5.85. The van der Waals surface area contributed by atoms with Crippen molar-refractivity contribution in [1.82, 2.24) is 0 Å². The molecule has 0 radical (unpaired) electrons. The molecular weight excluding hydrogens is 304 g/mol. The van der Waals surface area contributed by atoms with Gasteiger partial charge in [0.15, 0.2) is 0 Å². The van der Waals surface area contributed by atoms with Crippen molar-refractivity contribution in [2.24, 2.45) is 11.8 Å². The van der Waals surface area contributed by atoms with E-state index in [1.54, 1.807) is 19.1 Å². The fraction of sp³-hybridized carbons (Fsp3) is 0.526. The number of carbonyl (C=O) groups excluding carboxylic acids is 2. The highest BCUT2D eigenvalue weighted by molar-refractivity contribution is 5.89. The summed E-state index contributed by atoms with van der Waals surface area (Å²) in [6.07, 6.45) is 2.18. The van der Waals surface area contributed by atoms with Gasteiger partial charge in [-0.15, -0.1) is 0 Å². The van der Waals surface area contributed by atoms with Gasteiger partial charge >= 0.3 is 5.97 Å². The lowest BCUT2D eigenvalue weighted by Gasteiger charge is -2.25. The number of anilines is 1. The van der Waals surface area contributed by atoms with Gasteiger partial charge in [0, 0.05) is 25.2 Å². The fourth-order valence-electron chi connectivity index (χ4n) is 3.22. The van der Waals surface area contributed by atoms with Crippen molar-refractivity contribution in [2.45, 2.75) is 33.1 Å². The molecule has 5 nitrogen and oxygen atoms in total. The predicted molar refractivity (Wildman–Crippen MR) is 91.7 cm³/mol. The van der Waals surface area contributed by atoms with Crippen molar-refractivity contribution in [2.75, 3.05) is 24.6 Å². The first kappa shape index (κ1) is 18.0. The highest BCUT2D eigenvalue weighted by Gasteiger charge is 2.34. The first-order valence-corrected chi connectivity index (χ1v) is 8.55. The van der Waals surface area contributed by atoms with Crippen LogP contribution in [0.4, 0.5) is 5.69 Å². The molecule has 2 unspecified atom stereocenters. The maximum Gasteiger partial charge on any atom is 0.338 e. The summed E-state index contributed by atoms with van der Waals surface area (Å²) in [5, 5.41) is 9.14. The largest absolute Gasteiger partial charge is 0.462 e. The molecule has 0 saturated heterocycles. The van der Waals surface area contributed by atoms with Crippen molar-refractivity contribution in [3.63, 3.8) is 0 Å². The summed E-state index contributed by atoms with van der Waals surface area (Å²) in [7, 11) is 0. The van der Waals surface area contributed by atoms with E-state index >= 15 is 0 Å². The predicted octanol–water partition coefficient (Wildman–Crippen LogP) is 3.20. The van der Waals surface area contributed by atoms with Crippen LogP contribution in [0.5, 0.6) is 0 Å². The van der Waals surface area contributed by atoms with Gasteiger partial charge in [-0.25, -0.2) is 4.79 Å². The lowest BCUT2D eigenvalue weighted by Crippen LogP contribution is -2.27. The van der Waals surface area contributed by atoms with E-state index in [1.807, 2.05) is 12.1 Å². The Hall–Kier alpha value is -2.35. The molecule has 1 aromatic carbocycles. The second-order valence-corrected chi connectivity index (χ2v) is 6.01. The van der Waals surface area contributed by atoms with Crippen molar-refractivity contribution in [3.05, 3.63) is 29.8 Å².